The average Bonchev–Trinajstić information content (AvgIpc) is 2.82. The molecule has 2 aliphatic rings. The highest BCUT2D eigenvalue weighted by atomic mass is 19.1. The number of para-hydroxylation sites is 1. The molecule has 3 aromatic rings. The smallest absolute Gasteiger partial charge is 0.274 e. The number of nitrogens with one attached hydrogen (secondary N) is 1. The highest BCUT2D eigenvalue weighted by molar-refractivity contribution is 5.91. The SMILES string of the molecule is O=C(COc1ccccc1)Nc1ccc2n(c1=O)C[C@H]1C[C@@H]2CN(Cc2ccc(F)cc2)C1. The summed E-state index contributed by atoms with van der Waals surface area (Å²) in [6, 6.07) is 19.4. The number of nitrogens with zero attached hydrogens (tertiary/aromatic N) is 2. The number of carbonyl (C=O) groups excluding carboxylic acids is 1. The van der Waals surface area contributed by atoms with Gasteiger partial charge in [0.2, 0.25) is 0 Å². The van der Waals surface area contributed by atoms with Crippen molar-refractivity contribution in [3.63, 3.8) is 0 Å². The van der Waals surface area contributed by atoms with E-state index in [1.54, 1.807) is 18.2 Å². The first kappa shape index (κ1) is 21.4. The number of benzene rings is 2. The van der Waals surface area contributed by atoms with Gasteiger partial charge in [-0.25, -0.2) is 4.39 Å². The van der Waals surface area contributed by atoms with Crippen molar-refractivity contribution in [2.45, 2.75) is 25.4 Å². The van der Waals surface area contributed by atoms with E-state index in [1.807, 2.05) is 41.0 Å². The summed E-state index contributed by atoms with van der Waals surface area (Å²) in [6.07, 6.45) is 1.05. The summed E-state index contributed by atoms with van der Waals surface area (Å²) < 4.78 is 20.5. The summed E-state index contributed by atoms with van der Waals surface area (Å²) in [4.78, 5) is 27.8. The molecule has 1 N–H and O–H groups in total. The number of aromatic nitrogens is 1. The van der Waals surface area contributed by atoms with Crippen LogP contribution in [0.25, 0.3) is 0 Å². The van der Waals surface area contributed by atoms with E-state index in [0.29, 0.717) is 18.2 Å². The number of likely N-dealkylation sites (tertiary alicyclic amines) is 1. The standard InChI is InChI=1S/C26H26FN3O3/c27-21-8-6-18(7-9-21)13-29-14-19-12-20(16-29)24-11-10-23(26(32)30(24)15-19)28-25(31)17-33-22-4-2-1-3-5-22/h1-11,19-20H,12-17H2,(H,28,31)/t19-,20+/m0/s1. The average molecular weight is 448 g/mol. The molecule has 2 atom stereocenters. The van der Waals surface area contributed by atoms with Gasteiger partial charge in [0.15, 0.2) is 6.61 Å². The predicted molar refractivity (Wildman–Crippen MR) is 124 cm³/mol. The molecule has 2 aromatic carbocycles. The lowest BCUT2D eigenvalue weighted by atomic mass is 9.83. The first-order chi connectivity index (χ1) is 16.0. The molecule has 3 heterocycles. The highest BCUT2D eigenvalue weighted by Crippen LogP contribution is 2.36. The third-order valence-electron chi connectivity index (χ3n) is 6.39. The third-order valence-corrected chi connectivity index (χ3v) is 6.39. The van der Waals surface area contributed by atoms with E-state index >= 15 is 0 Å². The fourth-order valence-electron chi connectivity index (χ4n) is 4.97. The number of pyridine rings is 1. The first-order valence-corrected chi connectivity index (χ1v) is 11.2. The van der Waals surface area contributed by atoms with Gasteiger partial charge in [-0.05, 0) is 54.3 Å². The third kappa shape index (κ3) is 4.83. The second-order valence-electron chi connectivity index (χ2n) is 8.86. The number of rotatable bonds is 6. The molecule has 33 heavy (non-hydrogen) atoms. The molecule has 0 spiro atoms. The van der Waals surface area contributed by atoms with Gasteiger partial charge < -0.3 is 14.6 Å². The fraction of sp³-hybridized carbons (Fsp3) is 0.308. The Morgan fingerprint density at radius 3 is 2.58 bits per heavy atom. The maximum Gasteiger partial charge on any atom is 0.274 e. The van der Waals surface area contributed by atoms with Gasteiger partial charge in [-0.3, -0.25) is 14.5 Å². The van der Waals surface area contributed by atoms with Gasteiger partial charge in [-0.15, -0.1) is 0 Å². The van der Waals surface area contributed by atoms with Crippen LogP contribution in [0, 0.1) is 11.7 Å². The molecule has 2 aliphatic heterocycles. The Labute approximate surface area is 191 Å². The minimum Gasteiger partial charge on any atom is -0.484 e. The maximum absolute atomic E-state index is 13.2. The van der Waals surface area contributed by atoms with Crippen LogP contribution in [0.1, 0.15) is 23.6 Å². The van der Waals surface area contributed by atoms with E-state index in [-0.39, 0.29) is 35.5 Å². The molecule has 0 radical (unpaired) electrons. The van der Waals surface area contributed by atoms with E-state index < -0.39 is 0 Å². The number of anilines is 1. The number of amides is 1. The van der Waals surface area contributed by atoms with Crippen LogP contribution in [0.3, 0.4) is 0 Å². The van der Waals surface area contributed by atoms with Crippen molar-refractivity contribution in [2.75, 3.05) is 25.0 Å². The number of hydrogen-bond acceptors (Lipinski definition) is 4. The summed E-state index contributed by atoms with van der Waals surface area (Å²) in [6.45, 7) is 2.99. The summed E-state index contributed by atoms with van der Waals surface area (Å²) in [7, 11) is 0. The molecule has 1 amide bonds. The molecule has 0 aliphatic carbocycles. The van der Waals surface area contributed by atoms with Crippen molar-refractivity contribution in [3.05, 3.63) is 94.2 Å². The number of fused-ring (bicyclic) bond motifs is 4. The van der Waals surface area contributed by atoms with Gasteiger partial charge in [-0.2, -0.15) is 0 Å². The van der Waals surface area contributed by atoms with Crippen molar-refractivity contribution >= 4 is 11.6 Å². The molecular formula is C26H26FN3O3. The topological polar surface area (TPSA) is 63.6 Å². The Bertz CT molecular complexity index is 1190. The Morgan fingerprint density at radius 2 is 1.79 bits per heavy atom. The van der Waals surface area contributed by atoms with Crippen molar-refractivity contribution in [3.8, 4) is 5.75 Å². The zero-order chi connectivity index (χ0) is 22.8. The van der Waals surface area contributed by atoms with Gasteiger partial charge in [0.25, 0.3) is 11.5 Å². The molecule has 0 saturated carbocycles. The Kier molecular flexibility index (Phi) is 5.96. The summed E-state index contributed by atoms with van der Waals surface area (Å²) in [5.41, 5.74) is 2.22. The van der Waals surface area contributed by atoms with Gasteiger partial charge in [-0.1, -0.05) is 30.3 Å². The fourth-order valence-corrected chi connectivity index (χ4v) is 4.97. The molecule has 5 rings (SSSR count). The number of piperidine rings is 1. The van der Waals surface area contributed by atoms with Crippen molar-refractivity contribution in [1.82, 2.24) is 9.47 Å². The van der Waals surface area contributed by atoms with Crippen LogP contribution in [0.5, 0.6) is 5.75 Å². The molecule has 2 bridgehead atoms. The molecule has 1 aromatic heterocycles. The lowest BCUT2D eigenvalue weighted by Gasteiger charge is -2.43. The van der Waals surface area contributed by atoms with E-state index in [9.17, 15) is 14.0 Å². The monoisotopic (exact) mass is 447 g/mol. The highest BCUT2D eigenvalue weighted by Gasteiger charge is 2.35. The van der Waals surface area contributed by atoms with Gasteiger partial charge in [0, 0.05) is 37.8 Å². The molecule has 6 nitrogen and oxygen atoms in total. The van der Waals surface area contributed by atoms with Gasteiger partial charge in [0.1, 0.15) is 17.3 Å². The van der Waals surface area contributed by atoms with Crippen LogP contribution in [-0.2, 0) is 17.9 Å². The van der Waals surface area contributed by atoms with Crippen LogP contribution in [0.2, 0.25) is 0 Å². The minimum absolute atomic E-state index is 0.158. The Morgan fingerprint density at radius 1 is 1.00 bits per heavy atom. The lowest BCUT2D eigenvalue weighted by Crippen LogP contribution is -2.47. The van der Waals surface area contributed by atoms with Crippen LogP contribution < -0.4 is 15.6 Å². The summed E-state index contributed by atoms with van der Waals surface area (Å²) in [5.74, 6) is 0.640. The molecule has 1 saturated heterocycles. The second kappa shape index (κ2) is 9.19. The van der Waals surface area contributed by atoms with E-state index in [4.69, 9.17) is 4.74 Å². The molecule has 7 heteroatoms. The lowest BCUT2D eigenvalue weighted by molar-refractivity contribution is -0.118. The Balaban J connectivity index is 1.26. The van der Waals surface area contributed by atoms with Crippen LogP contribution >= 0.6 is 0 Å². The van der Waals surface area contributed by atoms with Crippen molar-refractivity contribution in [1.29, 1.82) is 0 Å². The van der Waals surface area contributed by atoms with Crippen LogP contribution in [0.15, 0.2) is 71.5 Å². The predicted octanol–water partition coefficient (Wildman–Crippen LogP) is 3.62. The zero-order valence-corrected chi connectivity index (χ0v) is 18.2. The van der Waals surface area contributed by atoms with Crippen LogP contribution in [0.4, 0.5) is 10.1 Å². The normalized spacial score (nSPS) is 19.5. The molecular weight excluding hydrogens is 421 g/mol. The van der Waals surface area contributed by atoms with Crippen molar-refractivity contribution < 1.29 is 13.9 Å². The van der Waals surface area contributed by atoms with E-state index in [1.165, 1.54) is 12.1 Å². The second-order valence-corrected chi connectivity index (χ2v) is 8.86. The Hall–Kier alpha value is -3.45. The van der Waals surface area contributed by atoms with E-state index in [0.717, 1.165) is 37.3 Å². The van der Waals surface area contributed by atoms with Crippen molar-refractivity contribution in [2.24, 2.45) is 5.92 Å². The van der Waals surface area contributed by atoms with Gasteiger partial charge >= 0.3 is 0 Å². The zero-order valence-electron chi connectivity index (χ0n) is 18.2. The van der Waals surface area contributed by atoms with Crippen LogP contribution in [-0.4, -0.2) is 35.1 Å². The number of halogens is 1. The number of ether oxygens (including phenoxy) is 1. The molecule has 1 fully saturated rings. The summed E-state index contributed by atoms with van der Waals surface area (Å²) >= 11 is 0. The van der Waals surface area contributed by atoms with Gasteiger partial charge in [0.05, 0.1) is 0 Å². The molecule has 0 unspecified atom stereocenters. The van der Waals surface area contributed by atoms with E-state index in [2.05, 4.69) is 10.2 Å². The first-order valence-electron chi connectivity index (χ1n) is 11.2. The largest absolute Gasteiger partial charge is 0.484 e. The summed E-state index contributed by atoms with van der Waals surface area (Å²) in [5, 5.41) is 2.70. The number of carbonyl (C=O) groups is 1. The minimum atomic E-state index is -0.363. The molecule has 170 valence electrons. The maximum atomic E-state index is 13.2. The number of hydrogen-bond donors (Lipinski definition) is 1. The quantitative estimate of drug-likeness (QED) is 0.627.